The number of phenols is 1. The monoisotopic (exact) mass is 265 g/mol. The van der Waals surface area contributed by atoms with Crippen LogP contribution in [0.5, 0.6) is 5.75 Å². The molecule has 3 N–H and O–H groups in total. The van der Waals surface area contributed by atoms with Gasteiger partial charge in [0.05, 0.1) is 5.56 Å². The first-order valence-corrected chi connectivity index (χ1v) is 6.22. The maximum atomic E-state index is 12.0. The van der Waals surface area contributed by atoms with Crippen molar-refractivity contribution in [3.05, 3.63) is 29.3 Å². The third-order valence-corrected chi connectivity index (χ3v) is 2.93. The van der Waals surface area contributed by atoms with E-state index in [0.717, 1.165) is 12.0 Å². The molecule has 0 fully saturated rings. The molecule has 104 valence electrons. The van der Waals surface area contributed by atoms with Gasteiger partial charge in [0.15, 0.2) is 0 Å². The van der Waals surface area contributed by atoms with E-state index in [2.05, 4.69) is 5.32 Å². The maximum Gasteiger partial charge on any atom is 0.326 e. The van der Waals surface area contributed by atoms with Gasteiger partial charge in [-0.15, -0.1) is 0 Å². The summed E-state index contributed by atoms with van der Waals surface area (Å²) in [5, 5.41) is 21.1. The minimum atomic E-state index is -1.09. The normalized spacial score (nSPS) is 12.2. The number of carboxylic acid groups (broad SMARTS) is 1. The van der Waals surface area contributed by atoms with Crippen LogP contribution in [-0.2, 0) is 11.2 Å². The van der Waals surface area contributed by atoms with Crippen LogP contribution >= 0.6 is 0 Å². The SMILES string of the molecule is CCc1ccc(O)c(C(=O)N[C@H](C(=O)O)C(C)C)c1. The first-order valence-electron chi connectivity index (χ1n) is 6.22. The predicted octanol–water partition coefficient (Wildman–Crippen LogP) is 1.79. The number of aliphatic carboxylic acids is 1. The van der Waals surface area contributed by atoms with Gasteiger partial charge in [0.25, 0.3) is 5.91 Å². The summed E-state index contributed by atoms with van der Waals surface area (Å²) < 4.78 is 0. The zero-order chi connectivity index (χ0) is 14.6. The molecule has 1 aromatic carbocycles. The lowest BCUT2D eigenvalue weighted by Gasteiger charge is -2.18. The minimum Gasteiger partial charge on any atom is -0.507 e. The Balaban J connectivity index is 2.97. The van der Waals surface area contributed by atoms with Crippen molar-refractivity contribution in [1.82, 2.24) is 5.32 Å². The van der Waals surface area contributed by atoms with E-state index in [4.69, 9.17) is 5.11 Å². The fraction of sp³-hybridized carbons (Fsp3) is 0.429. The Labute approximate surface area is 112 Å². The fourth-order valence-corrected chi connectivity index (χ4v) is 1.72. The smallest absolute Gasteiger partial charge is 0.326 e. The summed E-state index contributed by atoms with van der Waals surface area (Å²) in [5.41, 5.74) is 1.01. The summed E-state index contributed by atoms with van der Waals surface area (Å²) in [6, 6.07) is 3.77. The third-order valence-electron chi connectivity index (χ3n) is 2.93. The molecule has 19 heavy (non-hydrogen) atoms. The minimum absolute atomic E-state index is 0.103. The zero-order valence-electron chi connectivity index (χ0n) is 11.3. The molecule has 1 rings (SSSR count). The number of nitrogens with one attached hydrogen (secondary N) is 1. The summed E-state index contributed by atoms with van der Waals surface area (Å²) in [6.07, 6.45) is 0.729. The van der Waals surface area contributed by atoms with Crippen molar-refractivity contribution in [2.24, 2.45) is 5.92 Å². The van der Waals surface area contributed by atoms with Gasteiger partial charge < -0.3 is 15.5 Å². The van der Waals surface area contributed by atoms with Gasteiger partial charge in [-0.05, 0) is 30.0 Å². The van der Waals surface area contributed by atoms with E-state index in [-0.39, 0.29) is 17.2 Å². The Bertz CT molecular complexity index is 482. The summed E-state index contributed by atoms with van der Waals surface area (Å²) >= 11 is 0. The third kappa shape index (κ3) is 3.71. The second-order valence-electron chi connectivity index (χ2n) is 4.74. The van der Waals surface area contributed by atoms with Gasteiger partial charge >= 0.3 is 5.97 Å². The molecule has 0 aliphatic carbocycles. The lowest BCUT2D eigenvalue weighted by Crippen LogP contribution is -2.44. The average Bonchev–Trinajstić information content (AvgIpc) is 2.35. The van der Waals surface area contributed by atoms with E-state index < -0.39 is 17.9 Å². The number of carboxylic acids is 1. The van der Waals surface area contributed by atoms with Crippen LogP contribution in [0.3, 0.4) is 0 Å². The molecule has 0 radical (unpaired) electrons. The van der Waals surface area contributed by atoms with Gasteiger partial charge in [0, 0.05) is 0 Å². The van der Waals surface area contributed by atoms with Crippen molar-refractivity contribution in [3.63, 3.8) is 0 Å². The number of aryl methyl sites for hydroxylation is 1. The topological polar surface area (TPSA) is 86.6 Å². The van der Waals surface area contributed by atoms with Gasteiger partial charge in [0.1, 0.15) is 11.8 Å². The van der Waals surface area contributed by atoms with E-state index in [9.17, 15) is 14.7 Å². The molecule has 1 aromatic rings. The van der Waals surface area contributed by atoms with Crippen LogP contribution in [0.25, 0.3) is 0 Å². The van der Waals surface area contributed by atoms with Crippen molar-refractivity contribution >= 4 is 11.9 Å². The molecular formula is C14H19NO4. The maximum absolute atomic E-state index is 12.0. The number of carbonyl (C=O) groups excluding carboxylic acids is 1. The van der Waals surface area contributed by atoms with E-state index in [0.29, 0.717) is 0 Å². The molecule has 0 bridgehead atoms. The first kappa shape index (κ1) is 15.0. The Hall–Kier alpha value is -2.04. The van der Waals surface area contributed by atoms with Crippen molar-refractivity contribution < 1.29 is 19.8 Å². The molecule has 5 heteroatoms. The Kier molecular flexibility index (Phi) is 4.92. The largest absolute Gasteiger partial charge is 0.507 e. The highest BCUT2D eigenvalue weighted by molar-refractivity contribution is 5.99. The van der Waals surface area contributed by atoms with Crippen LogP contribution in [0.4, 0.5) is 0 Å². The van der Waals surface area contributed by atoms with Gasteiger partial charge in [-0.3, -0.25) is 4.79 Å². The molecule has 1 atom stereocenters. The standard InChI is InChI=1S/C14H19NO4/c1-4-9-5-6-11(16)10(7-9)13(17)15-12(8(2)3)14(18)19/h5-8,12,16H,4H2,1-3H3,(H,15,17)(H,18,19)/t12-/m0/s1. The molecule has 5 nitrogen and oxygen atoms in total. The zero-order valence-corrected chi connectivity index (χ0v) is 11.3. The molecule has 0 aromatic heterocycles. The van der Waals surface area contributed by atoms with Gasteiger partial charge in [-0.1, -0.05) is 26.8 Å². The summed E-state index contributed by atoms with van der Waals surface area (Å²) in [4.78, 5) is 23.1. The average molecular weight is 265 g/mol. The molecule has 0 spiro atoms. The molecule has 0 heterocycles. The molecule has 0 aliphatic rings. The molecule has 0 saturated carbocycles. The Morgan fingerprint density at radius 3 is 2.42 bits per heavy atom. The number of phenolic OH excluding ortho intramolecular Hbond substituents is 1. The van der Waals surface area contributed by atoms with Crippen LogP contribution in [0, 0.1) is 5.92 Å². The first-order chi connectivity index (χ1) is 8.86. The summed E-state index contributed by atoms with van der Waals surface area (Å²) in [5.74, 6) is -2.05. The second-order valence-corrected chi connectivity index (χ2v) is 4.74. The van der Waals surface area contributed by atoms with E-state index in [1.54, 1.807) is 26.0 Å². The highest BCUT2D eigenvalue weighted by Gasteiger charge is 2.25. The van der Waals surface area contributed by atoms with E-state index in [1.807, 2.05) is 6.92 Å². The Morgan fingerprint density at radius 2 is 1.95 bits per heavy atom. The number of rotatable bonds is 5. The van der Waals surface area contributed by atoms with Crippen molar-refractivity contribution in [1.29, 1.82) is 0 Å². The molecule has 1 amide bonds. The quantitative estimate of drug-likeness (QED) is 0.757. The molecular weight excluding hydrogens is 246 g/mol. The highest BCUT2D eigenvalue weighted by atomic mass is 16.4. The van der Waals surface area contributed by atoms with Crippen LogP contribution in [0.15, 0.2) is 18.2 Å². The number of amides is 1. The number of aromatic hydroxyl groups is 1. The fourth-order valence-electron chi connectivity index (χ4n) is 1.72. The van der Waals surface area contributed by atoms with Crippen LogP contribution in [0.2, 0.25) is 0 Å². The summed E-state index contributed by atoms with van der Waals surface area (Å²) in [7, 11) is 0. The lowest BCUT2D eigenvalue weighted by molar-refractivity contribution is -0.140. The van der Waals surface area contributed by atoms with Crippen molar-refractivity contribution in [3.8, 4) is 5.75 Å². The van der Waals surface area contributed by atoms with E-state index in [1.165, 1.54) is 6.07 Å². The van der Waals surface area contributed by atoms with Crippen molar-refractivity contribution in [2.75, 3.05) is 0 Å². The van der Waals surface area contributed by atoms with Crippen molar-refractivity contribution in [2.45, 2.75) is 33.2 Å². The summed E-state index contributed by atoms with van der Waals surface area (Å²) in [6.45, 7) is 5.35. The highest BCUT2D eigenvalue weighted by Crippen LogP contribution is 2.19. The molecule has 0 unspecified atom stereocenters. The number of carbonyl (C=O) groups is 2. The van der Waals surface area contributed by atoms with Gasteiger partial charge in [0.2, 0.25) is 0 Å². The number of hydrogen-bond donors (Lipinski definition) is 3. The van der Waals surface area contributed by atoms with E-state index >= 15 is 0 Å². The van der Waals surface area contributed by atoms with Crippen LogP contribution in [0.1, 0.15) is 36.7 Å². The van der Waals surface area contributed by atoms with Gasteiger partial charge in [-0.25, -0.2) is 4.79 Å². The lowest BCUT2D eigenvalue weighted by atomic mass is 10.0. The van der Waals surface area contributed by atoms with Crippen LogP contribution < -0.4 is 5.32 Å². The number of hydrogen-bond acceptors (Lipinski definition) is 3. The number of benzene rings is 1. The Morgan fingerprint density at radius 1 is 1.32 bits per heavy atom. The second kappa shape index (κ2) is 6.22. The van der Waals surface area contributed by atoms with Crippen LogP contribution in [-0.4, -0.2) is 28.1 Å². The van der Waals surface area contributed by atoms with Gasteiger partial charge in [-0.2, -0.15) is 0 Å². The predicted molar refractivity (Wildman–Crippen MR) is 71.2 cm³/mol. The molecule has 0 saturated heterocycles. The molecule has 0 aliphatic heterocycles.